The molecule has 144 valence electrons. The summed E-state index contributed by atoms with van der Waals surface area (Å²) in [4.78, 5) is 27.2. The number of rotatable bonds is 7. The number of ether oxygens (including phenoxy) is 1. The predicted octanol–water partition coefficient (Wildman–Crippen LogP) is 3.10. The van der Waals surface area contributed by atoms with Crippen LogP contribution < -0.4 is 10.6 Å². The van der Waals surface area contributed by atoms with E-state index in [0.29, 0.717) is 17.8 Å². The van der Waals surface area contributed by atoms with Gasteiger partial charge in [0.1, 0.15) is 0 Å². The third-order valence-electron chi connectivity index (χ3n) is 4.22. The number of nitrogens with one attached hydrogen (secondary N) is 2. The summed E-state index contributed by atoms with van der Waals surface area (Å²) in [5, 5.41) is 5.83. The number of carbonyl (C=O) groups excluding carboxylic acids is 2. The molecule has 6 nitrogen and oxygen atoms in total. The molecule has 2 aromatic rings. The van der Waals surface area contributed by atoms with Gasteiger partial charge in [0.25, 0.3) is 5.91 Å². The molecule has 1 aromatic carbocycles. The van der Waals surface area contributed by atoms with Crippen LogP contribution in [0.4, 0.5) is 5.69 Å². The first-order valence-corrected chi connectivity index (χ1v) is 10.4. The lowest BCUT2D eigenvalue weighted by Gasteiger charge is -2.26. The smallest absolute Gasteiger partial charge is 0.261 e. The van der Waals surface area contributed by atoms with E-state index in [1.165, 1.54) is 11.3 Å². The lowest BCUT2D eigenvalue weighted by atomic mass is 10.2. The first-order chi connectivity index (χ1) is 13.1. The molecule has 1 aromatic heterocycles. The van der Waals surface area contributed by atoms with Crippen LogP contribution in [0.3, 0.4) is 0 Å². The minimum Gasteiger partial charge on any atom is -0.379 e. The molecule has 0 bridgehead atoms. The number of amides is 2. The van der Waals surface area contributed by atoms with E-state index in [9.17, 15) is 9.59 Å². The molecular formula is C19H22BrN3O3S. The number of morpholine rings is 1. The van der Waals surface area contributed by atoms with Crippen molar-refractivity contribution in [1.29, 1.82) is 0 Å². The summed E-state index contributed by atoms with van der Waals surface area (Å²) in [5.41, 5.74) is 1.68. The lowest BCUT2D eigenvalue weighted by Crippen LogP contribution is -2.38. The van der Waals surface area contributed by atoms with E-state index >= 15 is 0 Å². The van der Waals surface area contributed by atoms with E-state index in [4.69, 9.17) is 4.74 Å². The van der Waals surface area contributed by atoms with Crippen LogP contribution in [0.25, 0.3) is 0 Å². The molecule has 27 heavy (non-hydrogen) atoms. The van der Waals surface area contributed by atoms with Crippen molar-refractivity contribution in [3.05, 3.63) is 50.6 Å². The Bertz CT molecular complexity index is 790. The number of carbonyl (C=O) groups is 2. The Hall–Kier alpha value is -1.74. The Kier molecular flexibility index (Phi) is 7.40. The van der Waals surface area contributed by atoms with Crippen molar-refractivity contribution in [2.24, 2.45) is 0 Å². The number of hydrogen-bond acceptors (Lipinski definition) is 5. The molecule has 1 aliphatic rings. The maximum atomic E-state index is 12.2. The van der Waals surface area contributed by atoms with Crippen molar-refractivity contribution in [3.63, 3.8) is 0 Å². The van der Waals surface area contributed by atoms with Crippen molar-refractivity contribution in [1.82, 2.24) is 10.2 Å². The minimum absolute atomic E-state index is 0.00823. The number of benzene rings is 1. The zero-order chi connectivity index (χ0) is 19.1. The topological polar surface area (TPSA) is 70.7 Å². The fourth-order valence-electron chi connectivity index (χ4n) is 2.77. The Morgan fingerprint density at radius 1 is 1.19 bits per heavy atom. The average Bonchev–Trinajstić information content (AvgIpc) is 3.12. The van der Waals surface area contributed by atoms with Gasteiger partial charge >= 0.3 is 0 Å². The highest BCUT2D eigenvalue weighted by atomic mass is 79.9. The lowest BCUT2D eigenvalue weighted by molar-refractivity contribution is -0.116. The van der Waals surface area contributed by atoms with Crippen LogP contribution in [0.2, 0.25) is 0 Å². The Balaban J connectivity index is 1.46. The molecule has 2 N–H and O–H groups in total. The molecule has 8 heteroatoms. The summed E-state index contributed by atoms with van der Waals surface area (Å²) >= 11 is 4.75. The van der Waals surface area contributed by atoms with Gasteiger partial charge in [0.15, 0.2) is 0 Å². The molecule has 0 spiro atoms. The summed E-state index contributed by atoms with van der Waals surface area (Å²) in [7, 11) is 0. The summed E-state index contributed by atoms with van der Waals surface area (Å²) in [6.07, 6.45) is 0.453. The Morgan fingerprint density at radius 2 is 2.00 bits per heavy atom. The minimum atomic E-state index is -0.106. The van der Waals surface area contributed by atoms with Crippen LogP contribution in [-0.4, -0.2) is 49.6 Å². The monoisotopic (exact) mass is 451 g/mol. The van der Waals surface area contributed by atoms with Gasteiger partial charge in [-0.25, -0.2) is 0 Å². The first kappa shape index (κ1) is 20.0. The van der Waals surface area contributed by atoms with Gasteiger partial charge in [0, 0.05) is 38.3 Å². The predicted molar refractivity (Wildman–Crippen MR) is 110 cm³/mol. The molecule has 1 fully saturated rings. The largest absolute Gasteiger partial charge is 0.379 e. The number of thiophene rings is 1. The summed E-state index contributed by atoms with van der Waals surface area (Å²) in [6, 6.07) is 11.2. The van der Waals surface area contributed by atoms with E-state index in [-0.39, 0.29) is 11.8 Å². The molecule has 0 aliphatic carbocycles. The first-order valence-electron chi connectivity index (χ1n) is 8.82. The maximum Gasteiger partial charge on any atom is 0.261 e. The molecule has 2 amide bonds. The molecule has 2 heterocycles. The van der Waals surface area contributed by atoms with E-state index in [1.54, 1.807) is 6.07 Å². The average molecular weight is 452 g/mol. The van der Waals surface area contributed by atoms with Gasteiger partial charge in [-0.3, -0.25) is 14.5 Å². The highest BCUT2D eigenvalue weighted by Gasteiger charge is 2.12. The van der Waals surface area contributed by atoms with E-state index in [0.717, 1.165) is 47.9 Å². The Labute approximate surface area is 171 Å². The number of nitrogens with zero attached hydrogens (tertiary/aromatic N) is 1. The van der Waals surface area contributed by atoms with Crippen molar-refractivity contribution in [3.8, 4) is 0 Å². The third kappa shape index (κ3) is 6.42. The van der Waals surface area contributed by atoms with Crippen molar-refractivity contribution < 1.29 is 14.3 Å². The Morgan fingerprint density at radius 3 is 2.74 bits per heavy atom. The van der Waals surface area contributed by atoms with Crippen LogP contribution in [0, 0.1) is 0 Å². The van der Waals surface area contributed by atoms with Crippen LogP contribution in [-0.2, 0) is 16.1 Å². The normalized spacial score (nSPS) is 14.7. The van der Waals surface area contributed by atoms with Gasteiger partial charge in [-0.15, -0.1) is 11.3 Å². The summed E-state index contributed by atoms with van der Waals surface area (Å²) < 4.78 is 6.24. The molecule has 3 rings (SSSR count). The molecular weight excluding hydrogens is 430 g/mol. The fraction of sp³-hybridized carbons (Fsp3) is 0.368. The van der Waals surface area contributed by atoms with Crippen LogP contribution >= 0.6 is 27.3 Å². The fourth-order valence-corrected chi connectivity index (χ4v) is 4.08. The standard InChI is InChI=1S/C19H22BrN3O3S/c20-17-5-4-16(27-17)19(25)21-13-14-2-1-3-15(12-14)22-18(24)6-7-23-8-10-26-11-9-23/h1-5,12H,6-11,13H2,(H,21,25)(H,22,24). The molecule has 1 saturated heterocycles. The van der Waals surface area contributed by atoms with E-state index in [2.05, 4.69) is 31.5 Å². The highest BCUT2D eigenvalue weighted by Crippen LogP contribution is 2.22. The molecule has 0 atom stereocenters. The van der Waals surface area contributed by atoms with Gasteiger partial charge in [-0.05, 0) is 45.8 Å². The molecule has 0 unspecified atom stereocenters. The maximum absolute atomic E-state index is 12.2. The molecule has 0 radical (unpaired) electrons. The molecule has 1 aliphatic heterocycles. The SMILES string of the molecule is O=C(CCN1CCOCC1)Nc1cccc(CNC(=O)c2ccc(Br)s2)c1. The second-order valence-corrected chi connectivity index (χ2v) is 8.70. The second-order valence-electron chi connectivity index (χ2n) is 6.24. The second kappa shape index (κ2) is 9.98. The highest BCUT2D eigenvalue weighted by molar-refractivity contribution is 9.11. The quantitative estimate of drug-likeness (QED) is 0.678. The number of anilines is 1. The van der Waals surface area contributed by atoms with Crippen molar-refractivity contribution in [2.75, 3.05) is 38.2 Å². The van der Waals surface area contributed by atoms with Crippen molar-refractivity contribution >= 4 is 44.8 Å². The number of hydrogen-bond donors (Lipinski definition) is 2. The van der Waals surface area contributed by atoms with Gasteiger partial charge in [-0.1, -0.05) is 12.1 Å². The number of halogens is 1. The van der Waals surface area contributed by atoms with Crippen molar-refractivity contribution in [2.45, 2.75) is 13.0 Å². The zero-order valence-electron chi connectivity index (χ0n) is 14.9. The van der Waals surface area contributed by atoms with Gasteiger partial charge in [-0.2, -0.15) is 0 Å². The van der Waals surface area contributed by atoms with Crippen LogP contribution in [0.5, 0.6) is 0 Å². The third-order valence-corrected chi connectivity index (χ3v) is 5.84. The van der Waals surface area contributed by atoms with Gasteiger partial charge < -0.3 is 15.4 Å². The summed E-state index contributed by atoms with van der Waals surface area (Å²) in [6.45, 7) is 4.37. The van der Waals surface area contributed by atoms with Crippen LogP contribution in [0.15, 0.2) is 40.2 Å². The van der Waals surface area contributed by atoms with Gasteiger partial charge in [0.2, 0.25) is 5.91 Å². The summed E-state index contributed by atoms with van der Waals surface area (Å²) in [5.74, 6) is -0.114. The molecule has 0 saturated carbocycles. The zero-order valence-corrected chi connectivity index (χ0v) is 17.3. The van der Waals surface area contributed by atoms with Crippen LogP contribution in [0.1, 0.15) is 21.7 Å². The van der Waals surface area contributed by atoms with Gasteiger partial charge in [0.05, 0.1) is 21.9 Å². The van der Waals surface area contributed by atoms with E-state index < -0.39 is 0 Å². The van der Waals surface area contributed by atoms with E-state index in [1.807, 2.05) is 30.3 Å².